The Balaban J connectivity index is 4.29. The number of carbonyl (C=O) groups excluding carboxylic acids is 3. The van der Waals surface area contributed by atoms with E-state index in [-0.39, 0.29) is 31.6 Å². The van der Waals surface area contributed by atoms with E-state index in [1.54, 1.807) is 0 Å². The van der Waals surface area contributed by atoms with Gasteiger partial charge in [-0.3, -0.25) is 14.4 Å². The quantitative estimate of drug-likeness (QED) is 0.0261. The number of carbonyl (C=O) groups is 3. The Morgan fingerprint density at radius 2 is 0.532 bits per heavy atom. The average molecular weight is 1070 g/mol. The van der Waals surface area contributed by atoms with Crippen LogP contribution >= 0.6 is 0 Å². The van der Waals surface area contributed by atoms with Crippen LogP contribution in [-0.2, 0) is 28.6 Å². The highest BCUT2D eigenvalue weighted by molar-refractivity contribution is 5.71. The summed E-state index contributed by atoms with van der Waals surface area (Å²) in [7, 11) is 0. The molecule has 1 atom stereocenters. The number of allylic oxidation sites excluding steroid dienone is 20. The van der Waals surface area contributed by atoms with Gasteiger partial charge in [0.15, 0.2) is 6.10 Å². The fourth-order valence-electron chi connectivity index (χ4n) is 8.76. The second-order valence-corrected chi connectivity index (χ2v) is 20.9. The zero-order valence-electron chi connectivity index (χ0n) is 50.2. The molecule has 0 aromatic carbocycles. The minimum atomic E-state index is -0.819. The normalized spacial score (nSPS) is 12.9. The zero-order chi connectivity index (χ0) is 55.7. The largest absolute Gasteiger partial charge is 0.462 e. The van der Waals surface area contributed by atoms with E-state index in [1.807, 2.05) is 6.08 Å². The second-order valence-electron chi connectivity index (χ2n) is 20.9. The van der Waals surface area contributed by atoms with Crippen LogP contribution in [-0.4, -0.2) is 37.2 Å². The number of hydrogen-bond donors (Lipinski definition) is 0. The van der Waals surface area contributed by atoms with Gasteiger partial charge in [-0.15, -0.1) is 0 Å². The Kier molecular flexibility index (Phi) is 60.8. The van der Waals surface area contributed by atoms with Gasteiger partial charge in [0.25, 0.3) is 0 Å². The third-order valence-electron chi connectivity index (χ3n) is 13.5. The van der Waals surface area contributed by atoms with Gasteiger partial charge < -0.3 is 14.2 Å². The van der Waals surface area contributed by atoms with E-state index in [4.69, 9.17) is 14.2 Å². The van der Waals surface area contributed by atoms with Gasteiger partial charge in [-0.2, -0.15) is 0 Å². The van der Waals surface area contributed by atoms with Crippen molar-refractivity contribution < 1.29 is 28.6 Å². The maximum Gasteiger partial charge on any atom is 0.306 e. The number of hydrogen-bond acceptors (Lipinski definition) is 6. The molecule has 0 amide bonds. The molecule has 438 valence electrons. The molecule has 0 bridgehead atoms. The van der Waals surface area contributed by atoms with Crippen LogP contribution in [0.15, 0.2) is 122 Å². The summed E-state index contributed by atoms with van der Waals surface area (Å²) in [5.41, 5.74) is 0. The van der Waals surface area contributed by atoms with E-state index in [9.17, 15) is 14.4 Å². The van der Waals surface area contributed by atoms with Crippen LogP contribution in [0.3, 0.4) is 0 Å². The van der Waals surface area contributed by atoms with E-state index in [0.717, 1.165) is 103 Å². The maximum atomic E-state index is 12.8. The highest BCUT2D eigenvalue weighted by Crippen LogP contribution is 2.16. The Morgan fingerprint density at radius 1 is 0.273 bits per heavy atom. The van der Waals surface area contributed by atoms with Crippen LogP contribution in [0, 0.1) is 0 Å². The number of unbranched alkanes of at least 4 members (excludes halogenated alkanes) is 26. The molecule has 0 heterocycles. The number of ether oxygens (including phenoxy) is 3. The summed E-state index contributed by atoms with van der Waals surface area (Å²) < 4.78 is 16.8. The average Bonchev–Trinajstić information content (AvgIpc) is 3.43. The minimum absolute atomic E-state index is 0.107. The van der Waals surface area contributed by atoms with Crippen molar-refractivity contribution in [3.8, 4) is 0 Å². The predicted octanol–water partition coefficient (Wildman–Crippen LogP) is 22.0. The van der Waals surface area contributed by atoms with Gasteiger partial charge in [-0.05, 0) is 96.3 Å². The SMILES string of the molecule is CC/C=C\C/C=C\C/C=C\C/C=C\C/C=C\C/C=C\CCC(=O)OC(COC(=O)CCCCCCCCCCCCC)COC(=O)CCCCCCCCCCCCCCCCCC/C=C\C/C=C\C/C=C\C/C=C\CC. The second kappa shape index (κ2) is 64.3. The summed E-state index contributed by atoms with van der Waals surface area (Å²) in [6, 6.07) is 0. The van der Waals surface area contributed by atoms with Crippen molar-refractivity contribution in [1.82, 2.24) is 0 Å². The molecule has 77 heavy (non-hydrogen) atoms. The molecule has 0 aromatic rings. The molecule has 0 saturated heterocycles. The molecular weight excluding hydrogens is 949 g/mol. The fourth-order valence-corrected chi connectivity index (χ4v) is 8.76. The lowest BCUT2D eigenvalue weighted by atomic mass is 10.0. The van der Waals surface area contributed by atoms with Gasteiger partial charge in [-0.25, -0.2) is 0 Å². The van der Waals surface area contributed by atoms with Crippen molar-refractivity contribution in [2.24, 2.45) is 0 Å². The smallest absolute Gasteiger partial charge is 0.306 e. The standard InChI is InChI=1S/C71H118O6/c1-4-7-10-13-16-19-22-24-26-28-30-31-32-33-34-35-36-37-38-39-41-42-44-46-49-52-55-58-61-64-70(73)76-67-68(66-75-69(72)63-60-57-54-51-48-21-18-15-12-9-6-3)77-71(74)65-62-59-56-53-50-47-45-43-40-29-27-25-23-20-17-14-11-8-5-2/h7-8,10-11,16-17,19-20,24-27,30-31,40,43,47,50,56,59,68H,4-6,9,12-15,18,21-23,28-29,32-39,41-42,44-46,48-49,51-55,57-58,60-67H2,1-3H3/b10-7-,11-8-,19-16-,20-17-,26-24-,27-25-,31-30-,43-40-,50-47-,59-56-. The summed E-state index contributed by atoms with van der Waals surface area (Å²) >= 11 is 0. The highest BCUT2D eigenvalue weighted by Gasteiger charge is 2.19. The molecule has 0 aliphatic carbocycles. The lowest BCUT2D eigenvalue weighted by Gasteiger charge is -2.18. The molecular formula is C71H118O6. The number of esters is 3. The molecule has 0 saturated carbocycles. The molecule has 0 radical (unpaired) electrons. The molecule has 6 heteroatoms. The molecule has 0 aromatic heterocycles. The summed E-state index contributed by atoms with van der Waals surface area (Å²) in [6.07, 6.45) is 89.4. The third kappa shape index (κ3) is 62.5. The molecule has 1 unspecified atom stereocenters. The Morgan fingerprint density at radius 3 is 0.844 bits per heavy atom. The molecule has 0 spiro atoms. The highest BCUT2D eigenvalue weighted by atomic mass is 16.6. The van der Waals surface area contributed by atoms with Gasteiger partial charge in [-0.1, -0.05) is 296 Å². The van der Waals surface area contributed by atoms with Crippen LogP contribution in [0.2, 0.25) is 0 Å². The third-order valence-corrected chi connectivity index (χ3v) is 13.5. The summed E-state index contributed by atoms with van der Waals surface area (Å²) in [4.78, 5) is 38.2. The van der Waals surface area contributed by atoms with E-state index in [1.165, 1.54) is 141 Å². The fraction of sp³-hybridized carbons (Fsp3) is 0.676. The van der Waals surface area contributed by atoms with Crippen molar-refractivity contribution in [2.75, 3.05) is 13.2 Å². The van der Waals surface area contributed by atoms with Crippen molar-refractivity contribution in [3.63, 3.8) is 0 Å². The summed E-state index contributed by atoms with van der Waals surface area (Å²) in [6.45, 7) is 6.36. The van der Waals surface area contributed by atoms with Crippen molar-refractivity contribution in [1.29, 1.82) is 0 Å². The van der Waals surface area contributed by atoms with Gasteiger partial charge in [0.2, 0.25) is 0 Å². The molecule has 0 aliphatic rings. The maximum absolute atomic E-state index is 12.8. The van der Waals surface area contributed by atoms with Crippen LogP contribution in [0.1, 0.15) is 290 Å². The lowest BCUT2D eigenvalue weighted by molar-refractivity contribution is -0.166. The molecule has 0 aliphatic heterocycles. The number of rotatable bonds is 57. The van der Waals surface area contributed by atoms with E-state index < -0.39 is 12.1 Å². The summed E-state index contributed by atoms with van der Waals surface area (Å²) in [5.74, 6) is -0.987. The van der Waals surface area contributed by atoms with Crippen LogP contribution < -0.4 is 0 Å². The molecule has 0 rings (SSSR count). The molecule has 0 fully saturated rings. The first-order valence-electron chi connectivity index (χ1n) is 32.0. The van der Waals surface area contributed by atoms with E-state index in [0.29, 0.717) is 19.3 Å². The van der Waals surface area contributed by atoms with Gasteiger partial charge in [0.1, 0.15) is 13.2 Å². The van der Waals surface area contributed by atoms with Gasteiger partial charge >= 0.3 is 17.9 Å². The lowest BCUT2D eigenvalue weighted by Crippen LogP contribution is -2.30. The first-order valence-corrected chi connectivity index (χ1v) is 32.0. The van der Waals surface area contributed by atoms with E-state index >= 15 is 0 Å². The minimum Gasteiger partial charge on any atom is -0.462 e. The Labute approximate surface area is 475 Å². The Bertz CT molecular complexity index is 1600. The zero-order valence-corrected chi connectivity index (χ0v) is 50.2. The monoisotopic (exact) mass is 1070 g/mol. The van der Waals surface area contributed by atoms with Crippen LogP contribution in [0.25, 0.3) is 0 Å². The van der Waals surface area contributed by atoms with E-state index in [2.05, 4.69) is 136 Å². The van der Waals surface area contributed by atoms with Crippen LogP contribution in [0.5, 0.6) is 0 Å². The Hall–Kier alpha value is -4.19. The van der Waals surface area contributed by atoms with Crippen molar-refractivity contribution in [3.05, 3.63) is 122 Å². The van der Waals surface area contributed by atoms with Gasteiger partial charge in [0, 0.05) is 19.3 Å². The summed E-state index contributed by atoms with van der Waals surface area (Å²) in [5, 5.41) is 0. The van der Waals surface area contributed by atoms with Gasteiger partial charge in [0.05, 0.1) is 0 Å². The van der Waals surface area contributed by atoms with Crippen molar-refractivity contribution in [2.45, 2.75) is 297 Å². The molecule has 6 nitrogen and oxygen atoms in total. The molecule has 0 N–H and O–H groups in total. The first-order chi connectivity index (χ1) is 38.0. The van der Waals surface area contributed by atoms with Crippen molar-refractivity contribution >= 4 is 17.9 Å². The predicted molar refractivity (Wildman–Crippen MR) is 334 cm³/mol. The first kappa shape index (κ1) is 72.8. The topological polar surface area (TPSA) is 78.9 Å². The van der Waals surface area contributed by atoms with Crippen LogP contribution in [0.4, 0.5) is 0 Å².